The van der Waals surface area contributed by atoms with Crippen molar-refractivity contribution in [1.82, 2.24) is 15.6 Å². The second-order valence-electron chi connectivity index (χ2n) is 7.22. The average molecular weight is 408 g/mol. The van der Waals surface area contributed by atoms with Crippen LogP contribution < -0.4 is 15.4 Å². The van der Waals surface area contributed by atoms with E-state index in [2.05, 4.69) is 10.6 Å². The van der Waals surface area contributed by atoms with Gasteiger partial charge in [-0.25, -0.2) is 4.98 Å². The Balaban J connectivity index is 0.00000210. The SMILES string of the molecule is COc1ccc(-c2nc3c(s2)C(NC(=O)C(C)C2CNC2)CCC3)cc1.Cl. The Hall–Kier alpha value is -1.63. The normalized spacial score (nSPS) is 20.0. The predicted octanol–water partition coefficient (Wildman–Crippen LogP) is 3.59. The summed E-state index contributed by atoms with van der Waals surface area (Å²) in [6.45, 7) is 3.94. The number of nitrogens with one attached hydrogen (secondary N) is 2. The first-order valence-corrected chi connectivity index (χ1v) is 10.1. The fourth-order valence-corrected chi connectivity index (χ4v) is 4.80. The number of fused-ring (bicyclic) bond motifs is 1. The molecule has 1 aliphatic heterocycles. The third-order valence-corrected chi connectivity index (χ3v) is 6.80. The standard InChI is InChI=1S/C20H25N3O2S.ClH/c1-12(14-10-21-11-14)19(24)22-16-4-3-5-17-18(16)26-20(23-17)13-6-8-15(25-2)9-7-13;/h6-9,12,14,16,21H,3-5,10-11H2,1-2H3,(H,22,24);1H. The Morgan fingerprint density at radius 1 is 1.33 bits per heavy atom. The fourth-order valence-electron chi connectivity index (χ4n) is 3.60. The fraction of sp³-hybridized carbons (Fsp3) is 0.500. The first-order chi connectivity index (χ1) is 12.7. The number of nitrogens with zero attached hydrogens (tertiary/aromatic N) is 1. The molecule has 1 aliphatic carbocycles. The van der Waals surface area contributed by atoms with Crippen molar-refractivity contribution in [2.75, 3.05) is 20.2 Å². The number of hydrogen-bond acceptors (Lipinski definition) is 5. The number of aromatic nitrogens is 1. The second kappa shape index (κ2) is 8.59. The van der Waals surface area contributed by atoms with Crippen molar-refractivity contribution in [2.24, 2.45) is 11.8 Å². The quantitative estimate of drug-likeness (QED) is 0.795. The summed E-state index contributed by atoms with van der Waals surface area (Å²) in [4.78, 5) is 18.7. The molecule has 2 aromatic rings. The van der Waals surface area contributed by atoms with E-state index in [0.717, 1.165) is 54.4 Å². The number of rotatable bonds is 5. The molecule has 146 valence electrons. The van der Waals surface area contributed by atoms with E-state index in [4.69, 9.17) is 9.72 Å². The smallest absolute Gasteiger partial charge is 0.223 e. The summed E-state index contributed by atoms with van der Waals surface area (Å²) < 4.78 is 5.23. The van der Waals surface area contributed by atoms with Crippen LogP contribution in [0.2, 0.25) is 0 Å². The van der Waals surface area contributed by atoms with Crippen LogP contribution in [0, 0.1) is 11.8 Å². The highest BCUT2D eigenvalue weighted by molar-refractivity contribution is 7.15. The lowest BCUT2D eigenvalue weighted by molar-refractivity contribution is -0.127. The number of benzene rings is 1. The molecule has 2 aliphatic rings. The highest BCUT2D eigenvalue weighted by Crippen LogP contribution is 2.38. The minimum atomic E-state index is 0. The van der Waals surface area contributed by atoms with Crippen molar-refractivity contribution in [2.45, 2.75) is 32.2 Å². The van der Waals surface area contributed by atoms with Gasteiger partial charge in [-0.15, -0.1) is 23.7 Å². The summed E-state index contributed by atoms with van der Waals surface area (Å²) in [6, 6.07) is 8.11. The third-order valence-electron chi connectivity index (χ3n) is 5.54. The minimum absolute atomic E-state index is 0. The van der Waals surface area contributed by atoms with E-state index < -0.39 is 0 Å². The van der Waals surface area contributed by atoms with Crippen molar-refractivity contribution < 1.29 is 9.53 Å². The summed E-state index contributed by atoms with van der Waals surface area (Å²) >= 11 is 1.71. The van der Waals surface area contributed by atoms with Gasteiger partial charge in [-0.2, -0.15) is 0 Å². The number of aryl methyl sites for hydroxylation is 1. The second-order valence-corrected chi connectivity index (χ2v) is 8.25. The number of thiazole rings is 1. The molecule has 1 amide bonds. The summed E-state index contributed by atoms with van der Waals surface area (Å²) in [7, 11) is 1.67. The van der Waals surface area contributed by atoms with Gasteiger partial charge < -0.3 is 15.4 Å². The van der Waals surface area contributed by atoms with Gasteiger partial charge in [0.1, 0.15) is 10.8 Å². The molecule has 1 aromatic heterocycles. The molecule has 0 saturated carbocycles. The number of carbonyl (C=O) groups is 1. The van der Waals surface area contributed by atoms with Crippen LogP contribution in [0.1, 0.15) is 36.4 Å². The Kier molecular flexibility index (Phi) is 6.40. The van der Waals surface area contributed by atoms with Crippen molar-refractivity contribution in [3.8, 4) is 16.3 Å². The van der Waals surface area contributed by atoms with Crippen LogP contribution in [0.15, 0.2) is 24.3 Å². The predicted molar refractivity (Wildman–Crippen MR) is 111 cm³/mol. The van der Waals surface area contributed by atoms with E-state index in [1.807, 2.05) is 31.2 Å². The monoisotopic (exact) mass is 407 g/mol. The molecular formula is C20H26ClN3O2S. The lowest BCUT2D eigenvalue weighted by Gasteiger charge is -2.33. The summed E-state index contributed by atoms with van der Waals surface area (Å²) in [6.07, 6.45) is 3.07. The van der Waals surface area contributed by atoms with Crippen LogP contribution in [-0.2, 0) is 11.2 Å². The van der Waals surface area contributed by atoms with E-state index >= 15 is 0 Å². The van der Waals surface area contributed by atoms with E-state index in [0.29, 0.717) is 5.92 Å². The minimum Gasteiger partial charge on any atom is -0.497 e. The number of methoxy groups -OCH3 is 1. The largest absolute Gasteiger partial charge is 0.497 e. The maximum Gasteiger partial charge on any atom is 0.223 e. The first kappa shape index (κ1) is 20.1. The van der Waals surface area contributed by atoms with E-state index in [1.165, 1.54) is 4.88 Å². The highest BCUT2D eigenvalue weighted by atomic mass is 35.5. The van der Waals surface area contributed by atoms with Crippen LogP contribution in [0.3, 0.4) is 0 Å². The molecule has 2 unspecified atom stereocenters. The topological polar surface area (TPSA) is 63.2 Å². The molecule has 5 nitrogen and oxygen atoms in total. The van der Waals surface area contributed by atoms with Crippen LogP contribution in [0.5, 0.6) is 5.75 Å². The van der Waals surface area contributed by atoms with E-state index in [1.54, 1.807) is 18.4 Å². The summed E-state index contributed by atoms with van der Waals surface area (Å²) in [5.74, 6) is 1.55. The Bertz CT molecular complexity index is 789. The molecule has 0 bridgehead atoms. The molecule has 0 spiro atoms. The van der Waals surface area contributed by atoms with Gasteiger partial charge in [0.15, 0.2) is 0 Å². The summed E-state index contributed by atoms with van der Waals surface area (Å²) in [5, 5.41) is 7.56. The number of ether oxygens (including phenoxy) is 1. The Morgan fingerprint density at radius 2 is 2.07 bits per heavy atom. The lowest BCUT2D eigenvalue weighted by Crippen LogP contribution is -2.50. The highest BCUT2D eigenvalue weighted by Gasteiger charge is 2.32. The van der Waals surface area contributed by atoms with Crippen LogP contribution in [-0.4, -0.2) is 31.1 Å². The van der Waals surface area contributed by atoms with Crippen LogP contribution in [0.25, 0.3) is 10.6 Å². The van der Waals surface area contributed by atoms with Gasteiger partial charge in [0.2, 0.25) is 5.91 Å². The first-order valence-electron chi connectivity index (χ1n) is 9.31. The maximum atomic E-state index is 12.6. The number of carbonyl (C=O) groups excluding carboxylic acids is 1. The molecule has 7 heteroatoms. The van der Waals surface area contributed by atoms with E-state index in [-0.39, 0.29) is 30.3 Å². The van der Waals surface area contributed by atoms with Crippen molar-refractivity contribution in [1.29, 1.82) is 0 Å². The molecule has 27 heavy (non-hydrogen) atoms. The molecular weight excluding hydrogens is 382 g/mol. The molecule has 0 radical (unpaired) electrons. The maximum absolute atomic E-state index is 12.6. The van der Waals surface area contributed by atoms with Crippen LogP contribution in [0.4, 0.5) is 0 Å². The zero-order chi connectivity index (χ0) is 18.1. The van der Waals surface area contributed by atoms with E-state index in [9.17, 15) is 4.79 Å². The van der Waals surface area contributed by atoms with Gasteiger partial charge in [0.25, 0.3) is 0 Å². The molecule has 2 heterocycles. The average Bonchev–Trinajstić information content (AvgIpc) is 3.05. The van der Waals surface area contributed by atoms with Crippen molar-refractivity contribution in [3.05, 3.63) is 34.8 Å². The van der Waals surface area contributed by atoms with Crippen molar-refractivity contribution in [3.63, 3.8) is 0 Å². The zero-order valence-corrected chi connectivity index (χ0v) is 17.3. The molecule has 2 atom stereocenters. The van der Waals surface area contributed by atoms with Gasteiger partial charge in [-0.1, -0.05) is 6.92 Å². The summed E-state index contributed by atoms with van der Waals surface area (Å²) in [5.41, 5.74) is 2.25. The van der Waals surface area contributed by atoms with Crippen LogP contribution >= 0.6 is 23.7 Å². The molecule has 4 rings (SSSR count). The lowest BCUT2D eigenvalue weighted by atomic mass is 9.87. The Morgan fingerprint density at radius 3 is 2.70 bits per heavy atom. The zero-order valence-electron chi connectivity index (χ0n) is 15.7. The Labute approximate surface area is 170 Å². The van der Waals surface area contributed by atoms with Gasteiger partial charge >= 0.3 is 0 Å². The molecule has 1 fully saturated rings. The number of amides is 1. The number of halogens is 1. The van der Waals surface area contributed by atoms with Gasteiger partial charge in [0, 0.05) is 11.5 Å². The third kappa shape index (κ3) is 4.13. The van der Waals surface area contributed by atoms with Gasteiger partial charge in [-0.3, -0.25) is 4.79 Å². The van der Waals surface area contributed by atoms with Gasteiger partial charge in [-0.05, 0) is 62.5 Å². The van der Waals surface area contributed by atoms with Crippen molar-refractivity contribution >= 4 is 29.7 Å². The number of hydrogen-bond donors (Lipinski definition) is 2. The van der Waals surface area contributed by atoms with Gasteiger partial charge in [0.05, 0.1) is 23.7 Å². The molecule has 1 aromatic carbocycles. The molecule has 2 N–H and O–H groups in total. The molecule has 1 saturated heterocycles.